The van der Waals surface area contributed by atoms with Crippen molar-refractivity contribution < 1.29 is 0 Å². The molecule has 0 atom stereocenters. The van der Waals surface area contributed by atoms with Crippen LogP contribution >= 0.6 is 0 Å². The van der Waals surface area contributed by atoms with E-state index in [0.29, 0.717) is 17.8 Å². The van der Waals surface area contributed by atoms with Gasteiger partial charge in [-0.1, -0.05) is 27.7 Å². The van der Waals surface area contributed by atoms with Gasteiger partial charge < -0.3 is 5.32 Å². The second kappa shape index (κ2) is 3.92. The number of hydrogen-bond donors (Lipinski definition) is 1. The van der Waals surface area contributed by atoms with Crippen molar-refractivity contribution in [2.75, 3.05) is 13.1 Å². The predicted molar refractivity (Wildman–Crippen MR) is 53.5 cm³/mol. The summed E-state index contributed by atoms with van der Waals surface area (Å²) in [5, 5.41) is 3.37. The number of rotatable bonds is 3. The Kier molecular flexibility index (Phi) is 3.12. The van der Waals surface area contributed by atoms with Crippen LogP contribution in [0.2, 0.25) is 0 Å². The predicted octanol–water partition coefficient (Wildman–Crippen LogP) is 1.92. The van der Waals surface area contributed by atoms with E-state index in [1.54, 1.807) is 0 Å². The van der Waals surface area contributed by atoms with Crippen LogP contribution in [0, 0.1) is 17.8 Å². The van der Waals surface area contributed by atoms with Crippen LogP contribution in [0.5, 0.6) is 0 Å². The molecule has 2 nitrogen and oxygen atoms in total. The highest BCUT2D eigenvalue weighted by molar-refractivity contribution is 5.86. The first kappa shape index (κ1) is 9.56. The van der Waals surface area contributed by atoms with Crippen LogP contribution in [0.15, 0.2) is 4.99 Å². The molecule has 1 heterocycles. The lowest BCUT2D eigenvalue weighted by molar-refractivity contribution is 0.375. The molecule has 1 N–H and O–H groups in total. The molecule has 0 unspecified atom stereocenters. The molecule has 0 saturated carbocycles. The van der Waals surface area contributed by atoms with Crippen LogP contribution in [0.3, 0.4) is 0 Å². The van der Waals surface area contributed by atoms with Crippen molar-refractivity contribution in [2.45, 2.75) is 27.7 Å². The minimum atomic E-state index is 0.618. The molecule has 0 fully saturated rings. The van der Waals surface area contributed by atoms with Gasteiger partial charge in [0.05, 0.1) is 6.54 Å². The molecule has 0 aromatic heterocycles. The van der Waals surface area contributed by atoms with Gasteiger partial charge in [-0.2, -0.15) is 0 Å². The Morgan fingerprint density at radius 1 is 1.17 bits per heavy atom. The highest BCUT2D eigenvalue weighted by Crippen LogP contribution is 2.22. The molecule has 1 rings (SSSR count). The Bertz CT molecular complexity index is 163. The summed E-state index contributed by atoms with van der Waals surface area (Å²) in [5.74, 6) is 3.23. The van der Waals surface area contributed by atoms with Crippen molar-refractivity contribution in [3.8, 4) is 0 Å². The average molecular weight is 168 g/mol. The fourth-order valence-electron chi connectivity index (χ4n) is 2.04. The lowest BCUT2D eigenvalue weighted by atomic mass is 9.84. The summed E-state index contributed by atoms with van der Waals surface area (Å²) in [6, 6.07) is 0. The van der Waals surface area contributed by atoms with Crippen LogP contribution in [0.4, 0.5) is 0 Å². The SMILES string of the molecule is CC(C)C(C1=NCCN1)C(C)C. The van der Waals surface area contributed by atoms with E-state index in [1.807, 2.05) is 0 Å². The van der Waals surface area contributed by atoms with Gasteiger partial charge in [0, 0.05) is 12.5 Å². The van der Waals surface area contributed by atoms with Crippen LogP contribution in [-0.2, 0) is 0 Å². The third-order valence-corrected chi connectivity index (χ3v) is 2.45. The fourth-order valence-corrected chi connectivity index (χ4v) is 2.04. The molecule has 0 amide bonds. The Hall–Kier alpha value is -0.530. The van der Waals surface area contributed by atoms with Crippen molar-refractivity contribution >= 4 is 5.84 Å². The van der Waals surface area contributed by atoms with Gasteiger partial charge in [0.25, 0.3) is 0 Å². The average Bonchev–Trinajstić information content (AvgIpc) is 2.37. The van der Waals surface area contributed by atoms with Crippen molar-refractivity contribution in [2.24, 2.45) is 22.7 Å². The first-order valence-electron chi connectivity index (χ1n) is 4.91. The van der Waals surface area contributed by atoms with Crippen LogP contribution in [0.1, 0.15) is 27.7 Å². The summed E-state index contributed by atoms with van der Waals surface area (Å²) in [6.45, 7) is 11.1. The first-order valence-corrected chi connectivity index (χ1v) is 4.91. The van der Waals surface area contributed by atoms with Crippen LogP contribution < -0.4 is 5.32 Å². The highest BCUT2D eigenvalue weighted by atomic mass is 15.1. The lowest BCUT2D eigenvalue weighted by Crippen LogP contribution is -2.33. The summed E-state index contributed by atoms with van der Waals surface area (Å²) in [4.78, 5) is 4.48. The third kappa shape index (κ3) is 1.99. The normalized spacial score (nSPS) is 17.4. The van der Waals surface area contributed by atoms with Crippen molar-refractivity contribution in [3.63, 3.8) is 0 Å². The fraction of sp³-hybridized carbons (Fsp3) is 0.900. The molecule has 70 valence electrons. The van der Waals surface area contributed by atoms with E-state index in [1.165, 1.54) is 5.84 Å². The monoisotopic (exact) mass is 168 g/mol. The highest BCUT2D eigenvalue weighted by Gasteiger charge is 2.24. The third-order valence-electron chi connectivity index (χ3n) is 2.45. The molecule has 0 saturated heterocycles. The van der Waals surface area contributed by atoms with Gasteiger partial charge >= 0.3 is 0 Å². The van der Waals surface area contributed by atoms with Gasteiger partial charge in [0.1, 0.15) is 5.84 Å². The summed E-state index contributed by atoms with van der Waals surface area (Å²) >= 11 is 0. The van der Waals surface area contributed by atoms with Gasteiger partial charge in [0.2, 0.25) is 0 Å². The van der Waals surface area contributed by atoms with Crippen LogP contribution in [-0.4, -0.2) is 18.9 Å². The first-order chi connectivity index (χ1) is 5.63. The number of nitrogens with zero attached hydrogens (tertiary/aromatic N) is 1. The van der Waals surface area contributed by atoms with Crippen LogP contribution in [0.25, 0.3) is 0 Å². The van der Waals surface area contributed by atoms with Gasteiger partial charge in [-0.25, -0.2) is 0 Å². The van der Waals surface area contributed by atoms with E-state index in [2.05, 4.69) is 38.0 Å². The van der Waals surface area contributed by atoms with Gasteiger partial charge in [-0.15, -0.1) is 0 Å². The zero-order chi connectivity index (χ0) is 9.14. The van der Waals surface area contributed by atoms with Gasteiger partial charge in [0.15, 0.2) is 0 Å². The molecule has 0 aromatic rings. The Morgan fingerprint density at radius 2 is 1.75 bits per heavy atom. The summed E-state index contributed by atoms with van der Waals surface area (Å²) in [6.07, 6.45) is 0. The second-order valence-corrected chi connectivity index (χ2v) is 4.21. The largest absolute Gasteiger partial charge is 0.372 e. The van der Waals surface area contributed by atoms with Gasteiger partial charge in [-0.3, -0.25) is 4.99 Å². The smallest absolute Gasteiger partial charge is 0.100 e. The standard InChI is InChI=1S/C10H20N2/c1-7(2)9(8(3)4)10-11-5-6-12-10/h7-9H,5-6H2,1-4H3,(H,11,12). The number of amidine groups is 1. The maximum absolute atomic E-state index is 4.48. The summed E-state index contributed by atoms with van der Waals surface area (Å²) < 4.78 is 0. The van der Waals surface area contributed by atoms with E-state index in [4.69, 9.17) is 0 Å². The van der Waals surface area contributed by atoms with E-state index >= 15 is 0 Å². The maximum Gasteiger partial charge on any atom is 0.100 e. The second-order valence-electron chi connectivity index (χ2n) is 4.21. The quantitative estimate of drug-likeness (QED) is 0.684. The summed E-state index contributed by atoms with van der Waals surface area (Å²) in [7, 11) is 0. The summed E-state index contributed by atoms with van der Waals surface area (Å²) in [5.41, 5.74) is 0. The van der Waals surface area contributed by atoms with E-state index < -0.39 is 0 Å². The molecule has 2 heteroatoms. The zero-order valence-electron chi connectivity index (χ0n) is 8.59. The zero-order valence-corrected chi connectivity index (χ0v) is 8.59. The molecular formula is C10H20N2. The Balaban J connectivity index is 2.65. The van der Waals surface area contributed by atoms with Crippen molar-refractivity contribution in [1.82, 2.24) is 5.32 Å². The number of hydrogen-bond acceptors (Lipinski definition) is 2. The Morgan fingerprint density at radius 3 is 2.08 bits per heavy atom. The molecule has 0 aliphatic carbocycles. The van der Waals surface area contributed by atoms with Crippen molar-refractivity contribution in [3.05, 3.63) is 0 Å². The molecule has 12 heavy (non-hydrogen) atoms. The molecule has 0 bridgehead atoms. The topological polar surface area (TPSA) is 24.4 Å². The molecule has 1 aliphatic rings. The minimum Gasteiger partial charge on any atom is -0.372 e. The van der Waals surface area contributed by atoms with E-state index in [-0.39, 0.29) is 0 Å². The Labute approximate surface area is 75.5 Å². The minimum absolute atomic E-state index is 0.618. The number of nitrogens with one attached hydrogen (secondary N) is 1. The van der Waals surface area contributed by atoms with Gasteiger partial charge in [-0.05, 0) is 11.8 Å². The molecule has 1 aliphatic heterocycles. The maximum atomic E-state index is 4.48. The molecule has 0 radical (unpaired) electrons. The van der Waals surface area contributed by atoms with E-state index in [9.17, 15) is 0 Å². The number of aliphatic imine (C=N–C) groups is 1. The molecular weight excluding hydrogens is 148 g/mol. The van der Waals surface area contributed by atoms with E-state index in [0.717, 1.165) is 13.1 Å². The molecule has 0 aromatic carbocycles. The lowest BCUT2D eigenvalue weighted by Gasteiger charge is -2.24. The molecule has 0 spiro atoms. The van der Waals surface area contributed by atoms with Crippen molar-refractivity contribution in [1.29, 1.82) is 0 Å².